The normalized spacial score (nSPS) is 13.3. The highest BCUT2D eigenvalue weighted by molar-refractivity contribution is 5.99. The molecule has 0 radical (unpaired) electrons. The molecule has 1 aromatic carbocycles. The Morgan fingerprint density at radius 2 is 1.80 bits per heavy atom. The molecule has 1 aromatic rings. The van der Waals surface area contributed by atoms with Gasteiger partial charge in [-0.25, -0.2) is 0 Å². The number of aldehydes is 1. The van der Waals surface area contributed by atoms with Gasteiger partial charge < -0.3 is 9.90 Å². The first-order valence-electron chi connectivity index (χ1n) is 7.03. The molecule has 1 unspecified atom stereocenters. The highest BCUT2D eigenvalue weighted by Gasteiger charge is 2.26. The molecular formula is C17H24O3. The molecular weight excluding hydrogens is 252 g/mol. The van der Waals surface area contributed by atoms with Crippen molar-refractivity contribution in [2.24, 2.45) is 11.3 Å². The monoisotopic (exact) mass is 276 g/mol. The van der Waals surface area contributed by atoms with Crippen LogP contribution in [0.3, 0.4) is 0 Å². The molecule has 0 saturated heterocycles. The number of carbonyl (C=O) groups is 2. The van der Waals surface area contributed by atoms with Crippen molar-refractivity contribution in [2.75, 3.05) is 0 Å². The third-order valence-corrected chi connectivity index (χ3v) is 3.22. The molecule has 0 fully saturated rings. The van der Waals surface area contributed by atoms with Crippen LogP contribution in [0, 0.1) is 11.3 Å². The van der Waals surface area contributed by atoms with Gasteiger partial charge in [-0.1, -0.05) is 52.0 Å². The summed E-state index contributed by atoms with van der Waals surface area (Å²) >= 11 is 0. The van der Waals surface area contributed by atoms with Crippen LogP contribution >= 0.6 is 0 Å². The maximum absolute atomic E-state index is 12.1. The van der Waals surface area contributed by atoms with E-state index in [0.717, 1.165) is 12.7 Å². The summed E-state index contributed by atoms with van der Waals surface area (Å²) in [6, 6.07) is 7.34. The van der Waals surface area contributed by atoms with Gasteiger partial charge in [-0.15, -0.1) is 0 Å². The van der Waals surface area contributed by atoms with Crippen LogP contribution in [-0.2, 0) is 11.2 Å². The fraction of sp³-hybridized carbons (Fsp3) is 0.529. The maximum Gasteiger partial charge on any atom is 0.191 e. The third-order valence-electron chi connectivity index (χ3n) is 3.22. The number of benzene rings is 1. The Balaban J connectivity index is 2.74. The number of hydrogen-bond acceptors (Lipinski definition) is 3. The van der Waals surface area contributed by atoms with Crippen LogP contribution in [-0.4, -0.2) is 23.3 Å². The van der Waals surface area contributed by atoms with E-state index in [9.17, 15) is 14.7 Å². The quantitative estimate of drug-likeness (QED) is 0.615. The van der Waals surface area contributed by atoms with Gasteiger partial charge in [-0.2, -0.15) is 0 Å². The van der Waals surface area contributed by atoms with Crippen molar-refractivity contribution < 1.29 is 14.7 Å². The van der Waals surface area contributed by atoms with E-state index in [1.54, 1.807) is 26.0 Å². The van der Waals surface area contributed by atoms with Crippen LogP contribution in [0.1, 0.15) is 50.0 Å². The molecule has 0 bridgehead atoms. The van der Waals surface area contributed by atoms with Crippen molar-refractivity contribution in [2.45, 2.75) is 46.6 Å². The SMILES string of the molecule is CC(C)Cc1ccc(C(=O)C(O)CC(C)(C)C=O)cc1. The van der Waals surface area contributed by atoms with E-state index < -0.39 is 11.5 Å². The van der Waals surface area contributed by atoms with Gasteiger partial charge in [0.05, 0.1) is 0 Å². The Labute approximate surface area is 121 Å². The van der Waals surface area contributed by atoms with Gasteiger partial charge in [0.1, 0.15) is 12.4 Å². The first kappa shape index (κ1) is 16.6. The Morgan fingerprint density at radius 1 is 1.25 bits per heavy atom. The smallest absolute Gasteiger partial charge is 0.191 e. The zero-order chi connectivity index (χ0) is 15.3. The molecule has 0 aromatic heterocycles. The standard InChI is InChI=1S/C17H24O3/c1-12(2)9-13-5-7-14(8-6-13)16(20)15(19)10-17(3,4)11-18/h5-8,11-12,15,19H,9-10H2,1-4H3. The Bertz CT molecular complexity index is 458. The lowest BCUT2D eigenvalue weighted by Gasteiger charge is -2.20. The van der Waals surface area contributed by atoms with Crippen molar-refractivity contribution in [3.05, 3.63) is 35.4 Å². The number of carbonyl (C=O) groups excluding carboxylic acids is 2. The molecule has 3 nitrogen and oxygen atoms in total. The largest absolute Gasteiger partial charge is 0.385 e. The zero-order valence-electron chi connectivity index (χ0n) is 12.7. The molecule has 0 saturated carbocycles. The van der Waals surface area contributed by atoms with Crippen LogP contribution in [0.25, 0.3) is 0 Å². The van der Waals surface area contributed by atoms with E-state index in [1.165, 1.54) is 5.56 Å². The number of rotatable bonds is 7. The molecule has 20 heavy (non-hydrogen) atoms. The van der Waals surface area contributed by atoms with Crippen LogP contribution in [0.5, 0.6) is 0 Å². The van der Waals surface area contributed by atoms with Gasteiger partial charge in [0.2, 0.25) is 0 Å². The summed E-state index contributed by atoms with van der Waals surface area (Å²) in [7, 11) is 0. The van der Waals surface area contributed by atoms with Crippen molar-refractivity contribution in [3.63, 3.8) is 0 Å². The van der Waals surface area contributed by atoms with E-state index in [0.29, 0.717) is 11.5 Å². The van der Waals surface area contributed by atoms with Crippen molar-refractivity contribution in [3.8, 4) is 0 Å². The second kappa shape index (κ2) is 6.80. The van der Waals surface area contributed by atoms with E-state index in [-0.39, 0.29) is 12.2 Å². The van der Waals surface area contributed by atoms with Gasteiger partial charge in [0, 0.05) is 11.0 Å². The first-order chi connectivity index (χ1) is 9.25. The van der Waals surface area contributed by atoms with Gasteiger partial charge in [-0.05, 0) is 24.3 Å². The van der Waals surface area contributed by atoms with Crippen molar-refractivity contribution >= 4 is 12.1 Å². The topological polar surface area (TPSA) is 54.4 Å². The van der Waals surface area contributed by atoms with Gasteiger partial charge in [-0.3, -0.25) is 4.79 Å². The molecule has 0 heterocycles. The Kier molecular flexibility index (Phi) is 5.63. The van der Waals surface area contributed by atoms with E-state index in [1.807, 2.05) is 12.1 Å². The van der Waals surface area contributed by atoms with Crippen LogP contribution < -0.4 is 0 Å². The highest BCUT2D eigenvalue weighted by Crippen LogP contribution is 2.21. The van der Waals surface area contributed by atoms with E-state index in [2.05, 4.69) is 13.8 Å². The van der Waals surface area contributed by atoms with E-state index >= 15 is 0 Å². The lowest BCUT2D eigenvalue weighted by Crippen LogP contribution is -2.28. The summed E-state index contributed by atoms with van der Waals surface area (Å²) in [5, 5.41) is 9.94. The lowest BCUT2D eigenvalue weighted by molar-refractivity contribution is -0.115. The first-order valence-corrected chi connectivity index (χ1v) is 7.03. The molecule has 0 aliphatic heterocycles. The molecule has 0 aliphatic carbocycles. The lowest BCUT2D eigenvalue weighted by atomic mass is 9.86. The summed E-state index contributed by atoms with van der Waals surface area (Å²) in [6.07, 6.45) is 0.749. The molecule has 3 heteroatoms. The second-order valence-electron chi connectivity index (χ2n) is 6.49. The second-order valence-corrected chi connectivity index (χ2v) is 6.49. The third kappa shape index (κ3) is 4.89. The fourth-order valence-electron chi connectivity index (χ4n) is 2.11. The molecule has 0 aliphatic rings. The summed E-state index contributed by atoms with van der Waals surface area (Å²) in [4.78, 5) is 23.0. The molecule has 110 valence electrons. The van der Waals surface area contributed by atoms with Crippen LogP contribution in [0.15, 0.2) is 24.3 Å². The van der Waals surface area contributed by atoms with Crippen molar-refractivity contribution in [1.82, 2.24) is 0 Å². The minimum atomic E-state index is -1.13. The number of ketones is 1. The predicted molar refractivity (Wildman–Crippen MR) is 79.8 cm³/mol. The molecule has 0 spiro atoms. The molecule has 0 amide bonds. The highest BCUT2D eigenvalue weighted by atomic mass is 16.3. The minimum absolute atomic E-state index is 0.142. The summed E-state index contributed by atoms with van der Waals surface area (Å²) in [5.41, 5.74) is 0.984. The zero-order valence-corrected chi connectivity index (χ0v) is 12.7. The summed E-state index contributed by atoms with van der Waals surface area (Å²) in [5.74, 6) is 0.242. The predicted octanol–water partition coefficient (Wildman–Crippen LogP) is 3.04. The van der Waals surface area contributed by atoms with Gasteiger partial charge in [0.25, 0.3) is 0 Å². The molecule has 1 N–H and O–H groups in total. The van der Waals surface area contributed by atoms with E-state index in [4.69, 9.17) is 0 Å². The number of aliphatic hydroxyl groups is 1. The maximum atomic E-state index is 12.1. The van der Waals surface area contributed by atoms with Crippen LogP contribution in [0.2, 0.25) is 0 Å². The minimum Gasteiger partial charge on any atom is -0.385 e. The summed E-state index contributed by atoms with van der Waals surface area (Å²) < 4.78 is 0. The van der Waals surface area contributed by atoms with Crippen molar-refractivity contribution in [1.29, 1.82) is 0 Å². The molecule has 1 rings (SSSR count). The molecule has 1 atom stereocenters. The number of aliphatic hydroxyl groups excluding tert-OH is 1. The van der Waals surface area contributed by atoms with Crippen LogP contribution in [0.4, 0.5) is 0 Å². The van der Waals surface area contributed by atoms with Gasteiger partial charge in [0.15, 0.2) is 5.78 Å². The fourth-order valence-corrected chi connectivity index (χ4v) is 2.11. The van der Waals surface area contributed by atoms with Gasteiger partial charge >= 0.3 is 0 Å². The Morgan fingerprint density at radius 3 is 2.25 bits per heavy atom. The number of hydrogen-bond donors (Lipinski definition) is 1. The Hall–Kier alpha value is -1.48. The average molecular weight is 276 g/mol. The average Bonchev–Trinajstić information content (AvgIpc) is 2.37. The summed E-state index contributed by atoms with van der Waals surface area (Å²) in [6.45, 7) is 7.71. The number of Topliss-reactive ketones (excluding diaryl/α,β-unsaturated/α-hetero) is 1.